The summed E-state index contributed by atoms with van der Waals surface area (Å²) in [5.74, 6) is 0.651. The van der Waals surface area contributed by atoms with Crippen molar-refractivity contribution in [3.05, 3.63) is 76.3 Å². The zero-order chi connectivity index (χ0) is 22.8. The van der Waals surface area contributed by atoms with Gasteiger partial charge in [0.2, 0.25) is 11.8 Å². The van der Waals surface area contributed by atoms with E-state index in [4.69, 9.17) is 4.74 Å². The molecular formula is C24H25BrN4O3. The molecule has 1 fully saturated rings. The number of anilines is 1. The smallest absolute Gasteiger partial charge is 0.227 e. The molecule has 32 heavy (non-hydrogen) atoms. The van der Waals surface area contributed by atoms with Crippen LogP contribution >= 0.6 is 15.9 Å². The largest absolute Gasteiger partial charge is 0.496 e. The molecule has 0 radical (unpaired) electrons. The fourth-order valence-electron chi connectivity index (χ4n) is 4.03. The number of carbonyl (C=O) groups excluding carboxylic acids is 2. The van der Waals surface area contributed by atoms with E-state index in [1.165, 1.54) is 0 Å². The predicted molar refractivity (Wildman–Crippen MR) is 126 cm³/mol. The second-order valence-electron chi connectivity index (χ2n) is 7.92. The Balaban J connectivity index is 1.58. The first-order valence-electron chi connectivity index (χ1n) is 10.4. The number of halogens is 1. The van der Waals surface area contributed by atoms with Crippen molar-refractivity contribution in [1.29, 1.82) is 0 Å². The molecule has 8 heteroatoms. The first-order valence-corrected chi connectivity index (χ1v) is 11.2. The summed E-state index contributed by atoms with van der Waals surface area (Å²) >= 11 is 3.49. The number of nitrogens with zero attached hydrogens (tertiary/aromatic N) is 3. The quantitative estimate of drug-likeness (QED) is 0.563. The van der Waals surface area contributed by atoms with Gasteiger partial charge in [0, 0.05) is 48.1 Å². The van der Waals surface area contributed by atoms with E-state index in [0.717, 1.165) is 21.3 Å². The Morgan fingerprint density at radius 1 is 1.28 bits per heavy atom. The molecule has 2 heterocycles. The number of aromatic nitrogens is 2. The van der Waals surface area contributed by atoms with Gasteiger partial charge in [0.25, 0.3) is 0 Å². The molecule has 1 N–H and O–H groups in total. The lowest BCUT2D eigenvalue weighted by Gasteiger charge is -2.23. The van der Waals surface area contributed by atoms with Crippen molar-refractivity contribution in [3.8, 4) is 5.75 Å². The molecule has 1 aromatic heterocycles. The molecule has 0 spiro atoms. The number of para-hydroxylation sites is 1. The molecule has 2 amide bonds. The Labute approximate surface area is 195 Å². The maximum Gasteiger partial charge on any atom is 0.227 e. The molecule has 2 unspecified atom stereocenters. The van der Waals surface area contributed by atoms with Crippen LogP contribution in [0.2, 0.25) is 0 Å². The minimum absolute atomic E-state index is 0.0577. The number of benzene rings is 2. The van der Waals surface area contributed by atoms with Crippen molar-refractivity contribution in [2.75, 3.05) is 18.6 Å². The molecular weight excluding hydrogens is 472 g/mol. The summed E-state index contributed by atoms with van der Waals surface area (Å²) in [6.07, 6.45) is 3.70. The third kappa shape index (κ3) is 4.27. The van der Waals surface area contributed by atoms with Gasteiger partial charge in [-0.15, -0.1) is 0 Å². The molecule has 2 aromatic carbocycles. The average Bonchev–Trinajstić information content (AvgIpc) is 3.39. The number of imidazole rings is 1. The lowest BCUT2D eigenvalue weighted by Crippen LogP contribution is -2.37. The minimum Gasteiger partial charge on any atom is -0.496 e. The molecule has 3 aromatic rings. The van der Waals surface area contributed by atoms with E-state index in [0.29, 0.717) is 18.1 Å². The van der Waals surface area contributed by atoms with E-state index in [1.807, 2.05) is 67.2 Å². The van der Waals surface area contributed by atoms with E-state index in [9.17, 15) is 9.59 Å². The van der Waals surface area contributed by atoms with Crippen LogP contribution in [0, 0.1) is 12.8 Å². The normalized spacial score (nSPS) is 16.8. The number of hydrogen-bond donors (Lipinski definition) is 1. The molecule has 1 aliphatic heterocycles. The maximum absolute atomic E-state index is 13.3. The van der Waals surface area contributed by atoms with Crippen molar-refractivity contribution in [1.82, 2.24) is 14.9 Å². The van der Waals surface area contributed by atoms with Crippen LogP contribution in [0.5, 0.6) is 5.75 Å². The van der Waals surface area contributed by atoms with E-state index >= 15 is 0 Å². The van der Waals surface area contributed by atoms with Gasteiger partial charge in [-0.25, -0.2) is 4.98 Å². The highest BCUT2D eigenvalue weighted by Gasteiger charge is 2.37. The van der Waals surface area contributed by atoms with Crippen LogP contribution in [-0.2, 0) is 16.6 Å². The van der Waals surface area contributed by atoms with Crippen LogP contribution in [0.15, 0.2) is 59.3 Å². The molecule has 0 aliphatic carbocycles. The number of rotatable bonds is 6. The van der Waals surface area contributed by atoms with Crippen LogP contribution in [0.1, 0.15) is 29.4 Å². The van der Waals surface area contributed by atoms with E-state index in [-0.39, 0.29) is 18.2 Å². The van der Waals surface area contributed by atoms with Crippen molar-refractivity contribution in [3.63, 3.8) is 0 Å². The lowest BCUT2D eigenvalue weighted by atomic mass is 10.0. The summed E-state index contributed by atoms with van der Waals surface area (Å²) in [7, 11) is 3.48. The van der Waals surface area contributed by atoms with Gasteiger partial charge in [-0.1, -0.05) is 34.1 Å². The number of methoxy groups -OCH3 is 1. The monoisotopic (exact) mass is 496 g/mol. The molecule has 7 nitrogen and oxygen atoms in total. The van der Waals surface area contributed by atoms with E-state index in [1.54, 1.807) is 18.2 Å². The minimum atomic E-state index is -0.502. The van der Waals surface area contributed by atoms with Crippen LogP contribution in [0.25, 0.3) is 0 Å². The Morgan fingerprint density at radius 2 is 2.06 bits per heavy atom. The number of aryl methyl sites for hydroxylation is 2. The SMILES string of the molecule is COc1ccccc1C(NC(=O)C1CC(=O)N(c2ccc(Br)c(C)c2)C1)c1nccn1C. The van der Waals surface area contributed by atoms with Crippen LogP contribution < -0.4 is 15.0 Å². The van der Waals surface area contributed by atoms with Gasteiger partial charge in [-0.2, -0.15) is 0 Å². The summed E-state index contributed by atoms with van der Waals surface area (Å²) in [4.78, 5) is 32.2. The van der Waals surface area contributed by atoms with Gasteiger partial charge in [0.1, 0.15) is 17.6 Å². The number of carbonyl (C=O) groups is 2. The Morgan fingerprint density at radius 3 is 2.75 bits per heavy atom. The zero-order valence-corrected chi connectivity index (χ0v) is 19.8. The second-order valence-corrected chi connectivity index (χ2v) is 8.77. The highest BCUT2D eigenvalue weighted by Crippen LogP contribution is 2.32. The number of nitrogens with one attached hydrogen (secondary N) is 1. The molecule has 1 aliphatic rings. The lowest BCUT2D eigenvalue weighted by molar-refractivity contribution is -0.126. The molecule has 0 bridgehead atoms. The summed E-state index contributed by atoms with van der Waals surface area (Å²) in [5, 5.41) is 3.12. The van der Waals surface area contributed by atoms with Crippen molar-refractivity contribution < 1.29 is 14.3 Å². The topological polar surface area (TPSA) is 76.5 Å². The van der Waals surface area contributed by atoms with E-state index in [2.05, 4.69) is 26.2 Å². The summed E-state index contributed by atoms with van der Waals surface area (Å²) in [6, 6.07) is 12.8. The molecule has 166 valence electrons. The number of hydrogen-bond acceptors (Lipinski definition) is 4. The maximum atomic E-state index is 13.3. The van der Waals surface area contributed by atoms with Gasteiger partial charge in [-0.3, -0.25) is 9.59 Å². The molecule has 4 rings (SSSR count). The zero-order valence-electron chi connectivity index (χ0n) is 18.2. The highest BCUT2D eigenvalue weighted by atomic mass is 79.9. The van der Waals surface area contributed by atoms with Gasteiger partial charge < -0.3 is 19.5 Å². The first kappa shape index (κ1) is 22.1. The standard InChI is InChI=1S/C24H25BrN4O3/c1-15-12-17(8-9-19(15)25)29-14-16(13-21(29)30)24(31)27-22(23-26-10-11-28(23)2)18-6-4-5-7-20(18)32-3/h4-12,16,22H,13-14H2,1-3H3,(H,27,31). The number of ether oxygens (including phenoxy) is 1. The fraction of sp³-hybridized carbons (Fsp3) is 0.292. The Kier molecular flexibility index (Phi) is 6.32. The average molecular weight is 497 g/mol. The third-order valence-electron chi connectivity index (χ3n) is 5.80. The van der Waals surface area contributed by atoms with Crippen LogP contribution in [0.4, 0.5) is 5.69 Å². The summed E-state index contributed by atoms with van der Waals surface area (Å²) in [5.41, 5.74) is 2.65. The van der Waals surface area contributed by atoms with E-state index < -0.39 is 12.0 Å². The molecule has 0 saturated carbocycles. The third-order valence-corrected chi connectivity index (χ3v) is 6.69. The molecule has 1 saturated heterocycles. The second kappa shape index (κ2) is 9.16. The number of amides is 2. The van der Waals surface area contributed by atoms with Crippen LogP contribution in [0.3, 0.4) is 0 Å². The van der Waals surface area contributed by atoms with Crippen LogP contribution in [-0.4, -0.2) is 35.0 Å². The van der Waals surface area contributed by atoms with Crippen molar-refractivity contribution in [2.24, 2.45) is 13.0 Å². The van der Waals surface area contributed by atoms with Crippen molar-refractivity contribution >= 4 is 33.4 Å². The Bertz CT molecular complexity index is 1160. The van der Waals surface area contributed by atoms with Crippen molar-refractivity contribution in [2.45, 2.75) is 19.4 Å². The first-order chi connectivity index (χ1) is 15.4. The Hall–Kier alpha value is -3.13. The van der Waals surface area contributed by atoms with Gasteiger partial charge >= 0.3 is 0 Å². The fourth-order valence-corrected chi connectivity index (χ4v) is 4.28. The van der Waals surface area contributed by atoms with Gasteiger partial charge in [-0.05, 0) is 36.8 Å². The van der Waals surface area contributed by atoms with Gasteiger partial charge in [0.05, 0.1) is 13.0 Å². The molecule has 2 atom stereocenters. The van der Waals surface area contributed by atoms with Gasteiger partial charge in [0.15, 0.2) is 0 Å². The highest BCUT2D eigenvalue weighted by molar-refractivity contribution is 9.10. The predicted octanol–water partition coefficient (Wildman–Crippen LogP) is 3.76. The summed E-state index contributed by atoms with van der Waals surface area (Å²) < 4.78 is 8.38. The summed E-state index contributed by atoms with van der Waals surface area (Å²) in [6.45, 7) is 2.31.